The first-order valence-electron chi connectivity index (χ1n) is 8.40. The average Bonchev–Trinajstić information content (AvgIpc) is 2.66. The highest BCUT2D eigenvalue weighted by Crippen LogP contribution is 2.34. The second-order valence-electron chi connectivity index (χ2n) is 6.27. The largest absolute Gasteiger partial charge is 0.482 e. The molecule has 0 aliphatic carbocycles. The molecule has 2 aliphatic heterocycles. The minimum Gasteiger partial charge on any atom is -0.482 e. The second kappa shape index (κ2) is 6.23. The highest BCUT2D eigenvalue weighted by Gasteiger charge is 2.37. The summed E-state index contributed by atoms with van der Waals surface area (Å²) in [5.41, 5.74) is 1.96. The predicted molar refractivity (Wildman–Crippen MR) is 91.6 cm³/mol. The van der Waals surface area contributed by atoms with Crippen LogP contribution in [0.15, 0.2) is 30.3 Å². The van der Waals surface area contributed by atoms with Gasteiger partial charge in [-0.25, -0.2) is 0 Å². The standard InChI is InChI=1S/C18H20N4O3/c1-11-17(25-15-6-4-3-5-14(15)24-11)18(23)22-8-7-13-12(10-22)9-16(19-2)21-20-13/h3-6,9,11,17H,7-8,10H2,1-2H3,(H,19,21)/t11-,17-/m1/s1. The molecule has 7 heteroatoms. The Bertz CT molecular complexity index is 811. The molecule has 2 aromatic rings. The lowest BCUT2D eigenvalue weighted by Crippen LogP contribution is -2.51. The molecule has 0 saturated heterocycles. The normalized spacial score (nSPS) is 21.4. The number of nitrogens with zero attached hydrogens (tertiary/aromatic N) is 3. The lowest BCUT2D eigenvalue weighted by Gasteiger charge is -2.36. The van der Waals surface area contributed by atoms with Gasteiger partial charge < -0.3 is 19.7 Å². The zero-order valence-electron chi connectivity index (χ0n) is 14.2. The Morgan fingerprint density at radius 1 is 1.24 bits per heavy atom. The van der Waals surface area contributed by atoms with Gasteiger partial charge in [-0.3, -0.25) is 4.79 Å². The second-order valence-corrected chi connectivity index (χ2v) is 6.27. The summed E-state index contributed by atoms with van der Waals surface area (Å²) in [6.07, 6.45) is -0.293. The number of benzene rings is 1. The molecule has 130 valence electrons. The number of hydrogen-bond acceptors (Lipinski definition) is 6. The van der Waals surface area contributed by atoms with Gasteiger partial charge in [0.2, 0.25) is 6.10 Å². The van der Waals surface area contributed by atoms with E-state index in [0.717, 1.165) is 11.3 Å². The number of para-hydroxylation sites is 2. The van der Waals surface area contributed by atoms with Crippen LogP contribution < -0.4 is 14.8 Å². The fourth-order valence-corrected chi connectivity index (χ4v) is 3.21. The van der Waals surface area contributed by atoms with Crippen LogP contribution in [0, 0.1) is 0 Å². The number of hydrogen-bond donors (Lipinski definition) is 1. The summed E-state index contributed by atoms with van der Waals surface area (Å²) in [6.45, 7) is 2.97. The Morgan fingerprint density at radius 3 is 2.76 bits per heavy atom. The number of carbonyl (C=O) groups excluding carboxylic acids is 1. The first kappa shape index (κ1) is 15.7. The average molecular weight is 340 g/mol. The van der Waals surface area contributed by atoms with E-state index in [-0.39, 0.29) is 12.0 Å². The summed E-state index contributed by atoms with van der Waals surface area (Å²) in [7, 11) is 1.80. The topological polar surface area (TPSA) is 76.6 Å². The molecule has 25 heavy (non-hydrogen) atoms. The molecule has 2 aliphatic rings. The van der Waals surface area contributed by atoms with Gasteiger partial charge >= 0.3 is 0 Å². The first-order chi connectivity index (χ1) is 12.2. The van der Waals surface area contributed by atoms with Gasteiger partial charge in [-0.05, 0) is 30.7 Å². The minimum absolute atomic E-state index is 0.0597. The van der Waals surface area contributed by atoms with Gasteiger partial charge in [-0.2, -0.15) is 5.10 Å². The van der Waals surface area contributed by atoms with Crippen molar-refractivity contribution in [2.45, 2.75) is 32.1 Å². The van der Waals surface area contributed by atoms with E-state index in [2.05, 4.69) is 15.5 Å². The summed E-state index contributed by atoms with van der Waals surface area (Å²) in [5, 5.41) is 11.3. The van der Waals surface area contributed by atoms with Crippen molar-refractivity contribution in [2.24, 2.45) is 0 Å². The number of nitrogens with one attached hydrogen (secondary N) is 1. The van der Waals surface area contributed by atoms with Crippen molar-refractivity contribution in [1.29, 1.82) is 0 Å². The number of fused-ring (bicyclic) bond motifs is 2. The summed E-state index contributed by atoms with van der Waals surface area (Å²) >= 11 is 0. The summed E-state index contributed by atoms with van der Waals surface area (Å²) in [6, 6.07) is 9.37. The van der Waals surface area contributed by atoms with E-state index >= 15 is 0 Å². The third-order valence-electron chi connectivity index (χ3n) is 4.59. The predicted octanol–water partition coefficient (Wildman–Crippen LogP) is 1.63. The Hall–Kier alpha value is -2.83. The Kier molecular flexibility index (Phi) is 3.91. The maximum absolute atomic E-state index is 13.0. The van der Waals surface area contributed by atoms with Gasteiger partial charge in [0.25, 0.3) is 5.91 Å². The molecule has 0 spiro atoms. The Labute approximate surface area is 146 Å². The van der Waals surface area contributed by atoms with Gasteiger partial charge in [0.1, 0.15) is 11.9 Å². The molecule has 2 atom stereocenters. The number of anilines is 1. The van der Waals surface area contributed by atoms with E-state index in [1.54, 1.807) is 7.05 Å². The first-order valence-corrected chi connectivity index (χ1v) is 8.40. The lowest BCUT2D eigenvalue weighted by molar-refractivity contribution is -0.145. The maximum atomic E-state index is 13.0. The Balaban J connectivity index is 1.53. The summed E-state index contributed by atoms with van der Waals surface area (Å²) < 4.78 is 11.8. The SMILES string of the molecule is CNc1cc2c(nn1)CCN(C(=O)[C@@H]1Oc3ccccc3O[C@@H]1C)C2. The van der Waals surface area contributed by atoms with Crippen LogP contribution in [0.1, 0.15) is 18.2 Å². The van der Waals surface area contributed by atoms with Gasteiger partial charge in [0, 0.05) is 26.6 Å². The van der Waals surface area contributed by atoms with E-state index in [1.165, 1.54) is 0 Å². The quantitative estimate of drug-likeness (QED) is 0.895. The van der Waals surface area contributed by atoms with E-state index in [0.29, 0.717) is 36.8 Å². The van der Waals surface area contributed by atoms with Crippen molar-refractivity contribution < 1.29 is 14.3 Å². The minimum atomic E-state index is -0.644. The summed E-state index contributed by atoms with van der Waals surface area (Å²) in [4.78, 5) is 14.8. The van der Waals surface area contributed by atoms with Gasteiger partial charge in [0.05, 0.1) is 5.69 Å². The molecular weight excluding hydrogens is 320 g/mol. The molecule has 1 amide bonds. The van der Waals surface area contributed by atoms with Gasteiger partial charge in [-0.1, -0.05) is 12.1 Å². The van der Waals surface area contributed by atoms with Crippen molar-refractivity contribution in [3.8, 4) is 11.5 Å². The molecule has 0 fully saturated rings. The van der Waals surface area contributed by atoms with Crippen LogP contribution in [-0.2, 0) is 17.8 Å². The Morgan fingerprint density at radius 2 is 2.00 bits per heavy atom. The van der Waals surface area contributed by atoms with E-state index in [9.17, 15) is 4.79 Å². The molecule has 3 heterocycles. The monoisotopic (exact) mass is 340 g/mol. The molecule has 4 rings (SSSR count). The van der Waals surface area contributed by atoms with Crippen LogP contribution in [-0.4, -0.2) is 46.8 Å². The molecule has 0 bridgehead atoms. The molecular formula is C18H20N4O3. The van der Waals surface area contributed by atoms with Gasteiger partial charge in [-0.15, -0.1) is 5.10 Å². The molecule has 7 nitrogen and oxygen atoms in total. The number of rotatable bonds is 2. The molecule has 1 aromatic carbocycles. The van der Waals surface area contributed by atoms with Gasteiger partial charge in [0.15, 0.2) is 11.5 Å². The fraction of sp³-hybridized carbons (Fsp3) is 0.389. The van der Waals surface area contributed by atoms with Crippen LogP contribution in [0.4, 0.5) is 5.82 Å². The number of carbonyl (C=O) groups is 1. The molecule has 1 aromatic heterocycles. The third kappa shape index (κ3) is 2.86. The lowest BCUT2D eigenvalue weighted by atomic mass is 10.0. The smallest absolute Gasteiger partial charge is 0.267 e. The van der Waals surface area contributed by atoms with Crippen molar-refractivity contribution in [2.75, 3.05) is 18.9 Å². The van der Waals surface area contributed by atoms with Crippen LogP contribution in [0.2, 0.25) is 0 Å². The van der Waals surface area contributed by atoms with Crippen LogP contribution in [0.5, 0.6) is 11.5 Å². The molecule has 1 N–H and O–H groups in total. The van der Waals surface area contributed by atoms with Crippen molar-refractivity contribution in [3.05, 3.63) is 41.6 Å². The fourth-order valence-electron chi connectivity index (χ4n) is 3.21. The number of aromatic nitrogens is 2. The molecule has 0 radical (unpaired) electrons. The maximum Gasteiger partial charge on any atom is 0.267 e. The summed E-state index contributed by atoms with van der Waals surface area (Å²) in [5.74, 6) is 1.93. The molecule has 0 saturated carbocycles. The van der Waals surface area contributed by atoms with Crippen LogP contribution in [0.25, 0.3) is 0 Å². The third-order valence-corrected chi connectivity index (χ3v) is 4.59. The van der Waals surface area contributed by atoms with Crippen molar-refractivity contribution in [1.82, 2.24) is 15.1 Å². The van der Waals surface area contributed by atoms with E-state index in [4.69, 9.17) is 9.47 Å². The van der Waals surface area contributed by atoms with Crippen molar-refractivity contribution >= 4 is 11.7 Å². The van der Waals surface area contributed by atoms with E-state index in [1.807, 2.05) is 42.2 Å². The number of ether oxygens (including phenoxy) is 2. The molecule has 0 unspecified atom stereocenters. The zero-order chi connectivity index (χ0) is 17.4. The van der Waals surface area contributed by atoms with E-state index < -0.39 is 6.10 Å². The zero-order valence-corrected chi connectivity index (χ0v) is 14.2. The highest BCUT2D eigenvalue weighted by molar-refractivity contribution is 5.82. The van der Waals surface area contributed by atoms with Crippen LogP contribution >= 0.6 is 0 Å². The highest BCUT2D eigenvalue weighted by atomic mass is 16.6. The van der Waals surface area contributed by atoms with Crippen LogP contribution in [0.3, 0.4) is 0 Å². The van der Waals surface area contributed by atoms with Crippen molar-refractivity contribution in [3.63, 3.8) is 0 Å². The number of amides is 1.